The van der Waals surface area contributed by atoms with Crippen LogP contribution in [0.15, 0.2) is 48.5 Å². The number of anilines is 1. The van der Waals surface area contributed by atoms with Gasteiger partial charge in [-0.25, -0.2) is 0 Å². The van der Waals surface area contributed by atoms with E-state index in [0.29, 0.717) is 18.9 Å². The fourth-order valence-corrected chi connectivity index (χ4v) is 4.27. The van der Waals surface area contributed by atoms with Crippen LogP contribution in [-0.2, 0) is 11.3 Å². The van der Waals surface area contributed by atoms with Crippen LogP contribution in [-0.4, -0.2) is 29.8 Å². The molecule has 4 heteroatoms. The predicted molar refractivity (Wildman–Crippen MR) is 127 cm³/mol. The Kier molecular flexibility index (Phi) is 8.27. The third-order valence-corrected chi connectivity index (χ3v) is 5.89. The average Bonchev–Trinajstić information content (AvgIpc) is 2.73. The molecule has 0 spiro atoms. The molecule has 31 heavy (non-hydrogen) atoms. The first-order valence-electron chi connectivity index (χ1n) is 11.7. The molecule has 2 amide bonds. The van der Waals surface area contributed by atoms with Crippen molar-refractivity contribution in [2.75, 3.05) is 18.0 Å². The lowest BCUT2D eigenvalue weighted by molar-refractivity contribution is -0.119. The summed E-state index contributed by atoms with van der Waals surface area (Å²) in [7, 11) is 0. The smallest absolute Gasteiger partial charge is 0.254 e. The molecule has 0 aromatic heterocycles. The molecule has 0 radical (unpaired) electrons. The second kappa shape index (κ2) is 11.1. The fourth-order valence-electron chi connectivity index (χ4n) is 4.27. The summed E-state index contributed by atoms with van der Waals surface area (Å²) in [6.07, 6.45) is 5.93. The lowest BCUT2D eigenvalue weighted by Crippen LogP contribution is -2.36. The molecule has 2 aromatic carbocycles. The van der Waals surface area contributed by atoms with Crippen LogP contribution in [0.1, 0.15) is 73.9 Å². The average molecular weight is 421 g/mol. The largest absolute Gasteiger partial charge is 0.334 e. The van der Waals surface area contributed by atoms with Crippen molar-refractivity contribution < 1.29 is 9.59 Å². The van der Waals surface area contributed by atoms with Gasteiger partial charge >= 0.3 is 0 Å². The van der Waals surface area contributed by atoms with E-state index in [2.05, 4.69) is 19.9 Å². The summed E-state index contributed by atoms with van der Waals surface area (Å²) in [6.45, 7) is 8.19. The van der Waals surface area contributed by atoms with E-state index < -0.39 is 0 Å². The zero-order valence-electron chi connectivity index (χ0n) is 19.3. The second-order valence-electron chi connectivity index (χ2n) is 9.14. The van der Waals surface area contributed by atoms with E-state index >= 15 is 0 Å². The number of hydrogen-bond donors (Lipinski definition) is 0. The van der Waals surface area contributed by atoms with E-state index in [1.807, 2.05) is 59.2 Å². The van der Waals surface area contributed by atoms with Gasteiger partial charge in [-0.3, -0.25) is 9.59 Å². The van der Waals surface area contributed by atoms with E-state index in [9.17, 15) is 9.59 Å². The number of hydrogen-bond acceptors (Lipinski definition) is 2. The van der Waals surface area contributed by atoms with Crippen molar-refractivity contribution in [3.8, 4) is 0 Å². The minimum Gasteiger partial charge on any atom is -0.334 e. The van der Waals surface area contributed by atoms with E-state index in [1.54, 1.807) is 0 Å². The lowest BCUT2D eigenvalue weighted by atomic mass is 10.0. The first kappa shape index (κ1) is 23.1. The molecule has 0 bridgehead atoms. The van der Waals surface area contributed by atoms with Crippen molar-refractivity contribution in [3.05, 3.63) is 65.2 Å². The van der Waals surface area contributed by atoms with Gasteiger partial charge in [-0.05, 0) is 49.4 Å². The maximum absolute atomic E-state index is 13.4. The fraction of sp³-hybridized carbons (Fsp3) is 0.481. The molecular formula is C27H36N2O2. The van der Waals surface area contributed by atoms with Crippen molar-refractivity contribution >= 4 is 17.5 Å². The molecule has 4 nitrogen and oxygen atoms in total. The minimum absolute atomic E-state index is 0.0654. The van der Waals surface area contributed by atoms with Crippen LogP contribution in [0, 0.1) is 12.8 Å². The van der Waals surface area contributed by atoms with E-state index in [1.165, 1.54) is 0 Å². The van der Waals surface area contributed by atoms with Gasteiger partial charge in [-0.1, -0.05) is 69.0 Å². The molecule has 0 fully saturated rings. The number of rotatable bonds is 3. The van der Waals surface area contributed by atoms with Gasteiger partial charge < -0.3 is 9.80 Å². The number of para-hydroxylation sites is 1. The lowest BCUT2D eigenvalue weighted by Gasteiger charge is -2.30. The highest BCUT2D eigenvalue weighted by molar-refractivity contribution is 5.95. The van der Waals surface area contributed by atoms with Crippen LogP contribution in [0.2, 0.25) is 0 Å². The Balaban J connectivity index is 1.94. The summed E-state index contributed by atoms with van der Waals surface area (Å²) in [5.41, 5.74) is 3.82. The number of aryl methyl sites for hydroxylation is 1. The molecule has 0 atom stereocenters. The van der Waals surface area contributed by atoms with Crippen molar-refractivity contribution in [2.24, 2.45) is 5.92 Å². The standard InChI is InChI=1S/C27H36N2O2/c1-21(2)18-26(30)29-17-10-6-4-5-9-16-28(20-24-13-7-8-15-25(24)29)27(31)23-14-11-12-22(3)19-23/h7-8,11-15,19,21H,4-6,9-10,16-18,20H2,1-3H3. The first-order valence-corrected chi connectivity index (χ1v) is 11.7. The molecule has 0 unspecified atom stereocenters. The zero-order chi connectivity index (χ0) is 22.2. The molecule has 0 aliphatic carbocycles. The molecule has 0 saturated heterocycles. The maximum Gasteiger partial charge on any atom is 0.254 e. The molecule has 0 N–H and O–H groups in total. The summed E-state index contributed by atoms with van der Waals surface area (Å²) < 4.78 is 0. The van der Waals surface area contributed by atoms with Crippen LogP contribution in [0.4, 0.5) is 5.69 Å². The maximum atomic E-state index is 13.4. The van der Waals surface area contributed by atoms with Crippen LogP contribution in [0.3, 0.4) is 0 Å². The van der Waals surface area contributed by atoms with E-state index in [-0.39, 0.29) is 11.8 Å². The van der Waals surface area contributed by atoms with Crippen molar-refractivity contribution in [1.82, 2.24) is 4.90 Å². The summed E-state index contributed by atoms with van der Waals surface area (Å²) in [5, 5.41) is 0. The molecule has 0 saturated carbocycles. The number of fused-ring (bicyclic) bond motifs is 1. The number of amides is 2. The molecule has 1 aliphatic rings. The summed E-state index contributed by atoms with van der Waals surface area (Å²) in [6, 6.07) is 15.9. The highest BCUT2D eigenvalue weighted by Crippen LogP contribution is 2.26. The van der Waals surface area contributed by atoms with Gasteiger partial charge in [0.25, 0.3) is 5.91 Å². The Morgan fingerprint density at radius 1 is 0.903 bits per heavy atom. The van der Waals surface area contributed by atoms with Crippen molar-refractivity contribution in [3.63, 3.8) is 0 Å². The quantitative estimate of drug-likeness (QED) is 0.613. The zero-order valence-corrected chi connectivity index (χ0v) is 19.3. The van der Waals surface area contributed by atoms with Crippen molar-refractivity contribution in [1.29, 1.82) is 0 Å². The van der Waals surface area contributed by atoms with Crippen LogP contribution in [0.25, 0.3) is 0 Å². The predicted octanol–water partition coefficient (Wildman–Crippen LogP) is 5.98. The summed E-state index contributed by atoms with van der Waals surface area (Å²) in [4.78, 5) is 30.4. The number of benzene rings is 2. The topological polar surface area (TPSA) is 40.6 Å². The van der Waals surface area contributed by atoms with Crippen LogP contribution in [0.5, 0.6) is 0 Å². The highest BCUT2D eigenvalue weighted by Gasteiger charge is 2.23. The molecule has 2 aromatic rings. The first-order chi connectivity index (χ1) is 15.0. The molecule has 1 aliphatic heterocycles. The Morgan fingerprint density at radius 2 is 1.61 bits per heavy atom. The van der Waals surface area contributed by atoms with Crippen molar-refractivity contribution in [2.45, 2.75) is 65.8 Å². The number of carbonyl (C=O) groups is 2. The van der Waals surface area contributed by atoms with Gasteiger partial charge in [-0.2, -0.15) is 0 Å². The highest BCUT2D eigenvalue weighted by atomic mass is 16.2. The molecule has 166 valence electrons. The Morgan fingerprint density at radius 3 is 2.35 bits per heavy atom. The minimum atomic E-state index is 0.0654. The van der Waals surface area contributed by atoms with E-state index in [4.69, 9.17) is 0 Å². The normalized spacial score (nSPS) is 15.7. The van der Waals surface area contributed by atoms with E-state index in [0.717, 1.165) is 67.6 Å². The third kappa shape index (κ3) is 6.43. The van der Waals surface area contributed by atoms with Crippen LogP contribution < -0.4 is 4.90 Å². The van der Waals surface area contributed by atoms with Crippen LogP contribution >= 0.6 is 0 Å². The Bertz CT molecular complexity index is 890. The molecule has 1 heterocycles. The second-order valence-corrected chi connectivity index (χ2v) is 9.14. The van der Waals surface area contributed by atoms with Gasteiger partial charge in [0.1, 0.15) is 0 Å². The summed E-state index contributed by atoms with van der Waals surface area (Å²) >= 11 is 0. The van der Waals surface area contributed by atoms with Gasteiger partial charge in [0.2, 0.25) is 5.91 Å². The molecule has 3 rings (SSSR count). The number of nitrogens with zero attached hydrogens (tertiary/aromatic N) is 2. The van der Waals surface area contributed by atoms with Gasteiger partial charge in [0.05, 0.1) is 0 Å². The molecular weight excluding hydrogens is 384 g/mol. The van der Waals surface area contributed by atoms with Gasteiger partial charge in [0.15, 0.2) is 0 Å². The SMILES string of the molecule is Cc1cccc(C(=O)N2CCCCCCCN(C(=O)CC(C)C)c3ccccc3C2)c1. The number of carbonyl (C=O) groups excluding carboxylic acids is 2. The third-order valence-electron chi connectivity index (χ3n) is 5.89. The Labute approximate surface area is 187 Å². The Hall–Kier alpha value is -2.62. The van der Waals surface area contributed by atoms with Gasteiger partial charge in [-0.15, -0.1) is 0 Å². The monoisotopic (exact) mass is 420 g/mol. The summed E-state index contributed by atoms with van der Waals surface area (Å²) in [5.74, 6) is 0.562. The van der Waals surface area contributed by atoms with Gasteiger partial charge in [0, 0.05) is 37.3 Å².